The lowest BCUT2D eigenvalue weighted by Gasteiger charge is -2.25. The van der Waals surface area contributed by atoms with Gasteiger partial charge in [0.1, 0.15) is 36.7 Å². The van der Waals surface area contributed by atoms with Crippen molar-refractivity contribution in [1.82, 2.24) is 0 Å². The number of nitrogens with zero attached hydrogens (tertiary/aromatic N) is 1. The molecule has 5 aromatic rings. The van der Waals surface area contributed by atoms with Crippen LogP contribution < -0.4 is 19.1 Å². The van der Waals surface area contributed by atoms with Gasteiger partial charge in [-0.05, 0) is 54.6 Å². The third-order valence-electron chi connectivity index (χ3n) is 6.17. The van der Waals surface area contributed by atoms with Crippen LogP contribution in [-0.2, 0) is 14.8 Å². The van der Waals surface area contributed by atoms with Crippen molar-refractivity contribution in [1.29, 1.82) is 0 Å². The van der Waals surface area contributed by atoms with Crippen LogP contribution in [0.1, 0.15) is 0 Å². The van der Waals surface area contributed by atoms with Gasteiger partial charge in [0.15, 0.2) is 11.5 Å². The van der Waals surface area contributed by atoms with Gasteiger partial charge < -0.3 is 19.2 Å². The minimum Gasteiger partial charge on any atom is -0.486 e. The van der Waals surface area contributed by atoms with E-state index in [0.29, 0.717) is 29.4 Å². The van der Waals surface area contributed by atoms with Crippen molar-refractivity contribution >= 4 is 49.2 Å². The van der Waals surface area contributed by atoms with Gasteiger partial charge in [-0.3, -0.25) is 9.10 Å². The van der Waals surface area contributed by atoms with Crippen LogP contribution in [0.15, 0.2) is 94.2 Å². The van der Waals surface area contributed by atoms with E-state index in [9.17, 15) is 17.6 Å². The van der Waals surface area contributed by atoms with Crippen molar-refractivity contribution in [3.63, 3.8) is 0 Å². The zero-order chi connectivity index (χ0) is 26.3. The van der Waals surface area contributed by atoms with E-state index in [1.807, 2.05) is 30.3 Å². The van der Waals surface area contributed by atoms with E-state index in [0.717, 1.165) is 32.8 Å². The van der Waals surface area contributed by atoms with Crippen LogP contribution in [0.4, 0.5) is 15.8 Å². The molecular formula is C28H21FN2O6S. The molecule has 1 N–H and O–H groups in total. The van der Waals surface area contributed by atoms with Crippen LogP contribution in [0.3, 0.4) is 0 Å². The third-order valence-corrected chi connectivity index (χ3v) is 7.94. The Morgan fingerprint density at radius 3 is 2.39 bits per heavy atom. The van der Waals surface area contributed by atoms with Crippen LogP contribution in [0, 0.1) is 5.82 Å². The largest absolute Gasteiger partial charge is 0.486 e. The summed E-state index contributed by atoms with van der Waals surface area (Å²) >= 11 is 0. The van der Waals surface area contributed by atoms with Crippen LogP contribution in [0.25, 0.3) is 21.9 Å². The van der Waals surface area contributed by atoms with Gasteiger partial charge in [-0.2, -0.15) is 0 Å². The number of rotatable bonds is 6. The number of carbonyl (C=O) groups is 1. The Kier molecular flexibility index (Phi) is 5.88. The number of furan rings is 1. The van der Waals surface area contributed by atoms with Crippen LogP contribution in [-0.4, -0.2) is 34.1 Å². The molecule has 0 fully saturated rings. The number of benzene rings is 4. The molecular weight excluding hydrogens is 511 g/mol. The van der Waals surface area contributed by atoms with Crippen molar-refractivity contribution in [2.45, 2.75) is 4.90 Å². The molecule has 192 valence electrons. The number of fused-ring (bicyclic) bond motifs is 4. The number of anilines is 2. The summed E-state index contributed by atoms with van der Waals surface area (Å²) in [7, 11) is -4.24. The number of sulfonamides is 1. The highest BCUT2D eigenvalue weighted by Crippen LogP contribution is 2.34. The fraction of sp³-hybridized carbons (Fsp3) is 0.107. The SMILES string of the molecule is O=C(CN(c1ccc(F)cc1)S(=O)(=O)c1ccc2c(c1)OCCO2)Nc1ccc2c(c1)oc1ccccc12. The number of carbonyl (C=O) groups excluding carboxylic acids is 1. The highest BCUT2D eigenvalue weighted by Gasteiger charge is 2.29. The van der Waals surface area contributed by atoms with Gasteiger partial charge in [0, 0.05) is 28.6 Å². The van der Waals surface area contributed by atoms with Crippen LogP contribution >= 0.6 is 0 Å². The molecule has 4 aromatic carbocycles. The van der Waals surface area contributed by atoms with Gasteiger partial charge in [-0.15, -0.1) is 0 Å². The number of para-hydroxylation sites is 1. The molecule has 0 radical (unpaired) electrons. The number of hydrogen-bond donors (Lipinski definition) is 1. The van der Waals surface area contributed by atoms with E-state index in [2.05, 4.69) is 5.32 Å². The van der Waals surface area contributed by atoms with E-state index in [4.69, 9.17) is 13.9 Å². The smallest absolute Gasteiger partial charge is 0.264 e. The summed E-state index contributed by atoms with van der Waals surface area (Å²) < 4.78 is 58.9. The van der Waals surface area contributed by atoms with Crippen LogP contribution in [0.5, 0.6) is 11.5 Å². The molecule has 10 heteroatoms. The third kappa shape index (κ3) is 4.39. The van der Waals surface area contributed by atoms with Crippen molar-refractivity contribution in [3.05, 3.63) is 90.7 Å². The molecule has 8 nitrogen and oxygen atoms in total. The summed E-state index contributed by atoms with van der Waals surface area (Å²) in [6.07, 6.45) is 0. The number of ether oxygens (including phenoxy) is 2. The Balaban J connectivity index is 1.31. The molecule has 1 aliphatic heterocycles. The second kappa shape index (κ2) is 9.38. The number of nitrogens with one attached hydrogen (secondary N) is 1. The summed E-state index contributed by atoms with van der Waals surface area (Å²) in [6.45, 7) is 0.0948. The summed E-state index contributed by atoms with van der Waals surface area (Å²) in [5.74, 6) is -0.401. The van der Waals surface area contributed by atoms with E-state index in [-0.39, 0.29) is 17.2 Å². The Bertz CT molecular complexity index is 1780. The maximum Gasteiger partial charge on any atom is 0.264 e. The first-order chi connectivity index (χ1) is 18.4. The summed E-state index contributed by atoms with van der Waals surface area (Å²) in [5.41, 5.74) is 1.88. The van der Waals surface area contributed by atoms with Crippen LogP contribution in [0.2, 0.25) is 0 Å². The molecule has 38 heavy (non-hydrogen) atoms. The molecule has 0 saturated carbocycles. The Labute approximate surface area is 217 Å². The van der Waals surface area contributed by atoms with Crippen molar-refractivity contribution in [3.8, 4) is 11.5 Å². The monoisotopic (exact) mass is 532 g/mol. The molecule has 0 aliphatic carbocycles. The van der Waals surface area contributed by atoms with Gasteiger partial charge in [-0.25, -0.2) is 12.8 Å². The number of hydrogen-bond acceptors (Lipinski definition) is 6. The fourth-order valence-corrected chi connectivity index (χ4v) is 5.81. The lowest BCUT2D eigenvalue weighted by atomic mass is 10.1. The first-order valence-corrected chi connectivity index (χ1v) is 13.2. The Morgan fingerprint density at radius 1 is 0.842 bits per heavy atom. The summed E-state index contributed by atoms with van der Waals surface area (Å²) in [4.78, 5) is 13.0. The van der Waals surface area contributed by atoms with Crippen molar-refractivity contribution < 1.29 is 31.5 Å². The first kappa shape index (κ1) is 23.8. The fourth-order valence-electron chi connectivity index (χ4n) is 4.37. The van der Waals surface area contributed by atoms with E-state index in [1.54, 1.807) is 12.1 Å². The summed E-state index contributed by atoms with van der Waals surface area (Å²) in [6, 6.07) is 22.0. The number of amides is 1. The molecule has 0 unspecified atom stereocenters. The predicted octanol–water partition coefficient (Wildman–Crippen LogP) is 5.33. The second-order valence-corrected chi connectivity index (χ2v) is 10.5. The van der Waals surface area contributed by atoms with E-state index >= 15 is 0 Å². The molecule has 1 amide bonds. The van der Waals surface area contributed by atoms with Gasteiger partial charge >= 0.3 is 0 Å². The lowest BCUT2D eigenvalue weighted by Crippen LogP contribution is -2.38. The van der Waals surface area contributed by atoms with Crippen molar-refractivity contribution in [2.75, 3.05) is 29.4 Å². The lowest BCUT2D eigenvalue weighted by molar-refractivity contribution is -0.114. The zero-order valence-electron chi connectivity index (χ0n) is 19.9. The molecule has 1 aliphatic rings. The summed E-state index contributed by atoms with van der Waals surface area (Å²) in [5, 5.41) is 4.59. The molecule has 0 saturated heterocycles. The van der Waals surface area contributed by atoms with Gasteiger partial charge in [0.05, 0.1) is 10.6 Å². The van der Waals surface area contributed by atoms with E-state index < -0.39 is 28.3 Å². The predicted molar refractivity (Wildman–Crippen MR) is 141 cm³/mol. The standard InChI is InChI=1S/C28H21FN2O6S/c29-18-5-8-20(9-6-18)31(38(33,34)21-10-12-25-27(16-21)36-14-13-35-25)17-28(32)30-19-7-11-23-22-3-1-2-4-24(22)37-26(23)15-19/h1-12,15-16H,13-14,17H2,(H,30,32). The minimum atomic E-state index is -4.24. The zero-order valence-corrected chi connectivity index (χ0v) is 20.7. The van der Waals surface area contributed by atoms with Gasteiger partial charge in [0.2, 0.25) is 5.91 Å². The normalized spacial score (nSPS) is 13.0. The number of halogens is 1. The average molecular weight is 533 g/mol. The molecule has 0 spiro atoms. The Morgan fingerprint density at radius 2 is 1.58 bits per heavy atom. The minimum absolute atomic E-state index is 0.0948. The first-order valence-electron chi connectivity index (χ1n) is 11.8. The van der Waals surface area contributed by atoms with E-state index in [1.165, 1.54) is 30.3 Å². The molecule has 0 bridgehead atoms. The van der Waals surface area contributed by atoms with Gasteiger partial charge in [0.25, 0.3) is 10.0 Å². The highest BCUT2D eigenvalue weighted by molar-refractivity contribution is 7.92. The highest BCUT2D eigenvalue weighted by atomic mass is 32.2. The Hall–Kier alpha value is -4.57. The molecule has 6 rings (SSSR count). The molecule has 1 aromatic heterocycles. The maximum atomic E-state index is 13.7. The second-order valence-electron chi connectivity index (χ2n) is 8.65. The van der Waals surface area contributed by atoms with Gasteiger partial charge in [-0.1, -0.05) is 18.2 Å². The quantitative estimate of drug-likeness (QED) is 0.318. The maximum absolute atomic E-state index is 13.7. The molecule has 0 atom stereocenters. The topological polar surface area (TPSA) is 98.1 Å². The average Bonchev–Trinajstić information content (AvgIpc) is 3.30. The molecule has 2 heterocycles. The van der Waals surface area contributed by atoms with Crippen molar-refractivity contribution in [2.24, 2.45) is 0 Å².